The molecule has 7 aromatic carbocycles. The number of anilines is 2. The maximum Gasteiger partial charge on any atom is 0.323 e. The lowest BCUT2D eigenvalue weighted by Gasteiger charge is -2.15. The fourth-order valence-electron chi connectivity index (χ4n) is 6.21. The molecule has 0 fully saturated rings. The van der Waals surface area contributed by atoms with Crippen LogP contribution >= 0.6 is 0 Å². The van der Waals surface area contributed by atoms with E-state index in [1.807, 2.05) is 0 Å². The Morgan fingerprint density at radius 1 is 0.533 bits per heavy atom. The molecule has 0 aliphatic heterocycles. The number of hydrogen-bond donors (Lipinski definition) is 4. The lowest BCUT2D eigenvalue weighted by Crippen LogP contribution is -2.19. The van der Waals surface area contributed by atoms with E-state index in [1.54, 1.807) is 18.2 Å². The number of carbonyl (C=O) groups excluding carboxylic acids is 1. The summed E-state index contributed by atoms with van der Waals surface area (Å²) in [4.78, 5) is 10.7. The van der Waals surface area contributed by atoms with E-state index in [9.17, 15) is 53.9 Å². The predicted octanol–water partition coefficient (Wildman–Crippen LogP) is 7.75. The Kier molecular flexibility index (Phi) is 10.7. The third kappa shape index (κ3) is 8.26. The van der Waals surface area contributed by atoms with E-state index >= 15 is 0 Å². The van der Waals surface area contributed by atoms with E-state index in [0.29, 0.717) is 0 Å². The average Bonchev–Trinajstić information content (AvgIpc) is 3.18. The van der Waals surface area contributed by atoms with Crippen LogP contribution in [0.4, 0.5) is 38.9 Å². The normalized spacial score (nSPS) is 12.5. The number of nitrogens with one attached hydrogen (secondary N) is 2. The van der Waals surface area contributed by atoms with E-state index < -0.39 is 73.9 Å². The fraction of sp³-hybridized carbons (Fsp3) is 0.0263. The summed E-state index contributed by atoms with van der Waals surface area (Å²) in [5.41, 5.74) is -1.07. The van der Waals surface area contributed by atoms with Gasteiger partial charge in [-0.15, -0.1) is 20.5 Å². The number of carbonyl (C=O) groups is 1. The SMILES string of the molecule is COc1ccccc1N=Nc1c(S(=O)(=O)[O-])cc2cc(NC(=O)Nc3ccc4c(O)c(N=Nc5ccc(S(=O)(=O)[O-])c6ccccc56)c(S(=O)(=O)[O-])cc4c3)ccc2c1O. The minimum atomic E-state index is -5.33. The molecule has 0 radical (unpaired) electrons. The van der Waals surface area contributed by atoms with E-state index in [2.05, 4.69) is 31.1 Å². The van der Waals surface area contributed by atoms with Crippen molar-refractivity contribution in [3.63, 3.8) is 0 Å². The molecule has 2 amide bonds. The number of phenolic OH excluding ortho intramolecular Hbond substituents is 2. The monoisotopic (exact) mass is 869 g/mol. The molecule has 0 aliphatic rings. The van der Waals surface area contributed by atoms with Gasteiger partial charge in [0.05, 0.1) is 27.5 Å². The van der Waals surface area contributed by atoms with E-state index in [-0.39, 0.29) is 60.8 Å². The first kappa shape index (κ1) is 41.1. The molecule has 0 aliphatic carbocycles. The fourth-order valence-corrected chi connectivity index (χ4v) is 8.18. The number of rotatable bonds is 10. The molecule has 22 heteroatoms. The van der Waals surface area contributed by atoms with Crippen molar-refractivity contribution >= 4 is 103 Å². The molecular weight excluding hydrogens is 845 g/mol. The Bertz CT molecular complexity index is 3340. The minimum Gasteiger partial charge on any atom is -0.744 e. The summed E-state index contributed by atoms with van der Waals surface area (Å²) in [6.45, 7) is 0. The van der Waals surface area contributed by atoms with Crippen molar-refractivity contribution in [3.8, 4) is 17.2 Å². The molecule has 0 unspecified atom stereocenters. The molecule has 0 bridgehead atoms. The molecule has 7 rings (SSSR count). The molecular formula is C38H25N6O13S3-3. The van der Waals surface area contributed by atoms with Crippen LogP contribution in [0.5, 0.6) is 17.2 Å². The zero-order valence-corrected chi connectivity index (χ0v) is 32.7. The second kappa shape index (κ2) is 15.6. The third-order valence-electron chi connectivity index (χ3n) is 8.89. The van der Waals surface area contributed by atoms with Gasteiger partial charge in [0, 0.05) is 32.9 Å². The molecule has 4 N–H and O–H groups in total. The molecule has 19 nitrogen and oxygen atoms in total. The van der Waals surface area contributed by atoms with Crippen molar-refractivity contribution in [1.29, 1.82) is 0 Å². The van der Waals surface area contributed by atoms with Crippen molar-refractivity contribution < 1.29 is 58.7 Å². The van der Waals surface area contributed by atoms with Crippen molar-refractivity contribution in [3.05, 3.63) is 109 Å². The number of para-hydroxylation sites is 1. The Morgan fingerprint density at radius 3 is 1.50 bits per heavy atom. The summed E-state index contributed by atoms with van der Waals surface area (Å²) in [5.74, 6) is -1.16. The summed E-state index contributed by atoms with van der Waals surface area (Å²) in [6.07, 6.45) is 0. The van der Waals surface area contributed by atoms with Gasteiger partial charge in [-0.05, 0) is 83.6 Å². The summed E-state index contributed by atoms with van der Waals surface area (Å²) >= 11 is 0. The smallest absolute Gasteiger partial charge is 0.323 e. The topological polar surface area (TPSA) is 312 Å². The van der Waals surface area contributed by atoms with Gasteiger partial charge in [-0.25, -0.2) is 30.0 Å². The van der Waals surface area contributed by atoms with Gasteiger partial charge in [-0.1, -0.05) is 36.4 Å². The van der Waals surface area contributed by atoms with Crippen LogP contribution in [-0.4, -0.2) is 62.3 Å². The highest BCUT2D eigenvalue weighted by molar-refractivity contribution is 7.86. The number of nitrogens with zero attached hydrogens (tertiary/aromatic N) is 4. The number of amides is 2. The molecule has 0 heterocycles. The second-order valence-corrected chi connectivity index (χ2v) is 16.7. The van der Waals surface area contributed by atoms with Crippen molar-refractivity contribution in [2.75, 3.05) is 17.7 Å². The second-order valence-electron chi connectivity index (χ2n) is 12.7. The van der Waals surface area contributed by atoms with Crippen molar-refractivity contribution in [1.82, 2.24) is 0 Å². The molecule has 7 aromatic rings. The average molecular weight is 870 g/mol. The highest BCUT2D eigenvalue weighted by Gasteiger charge is 2.21. The maximum atomic E-state index is 13.1. The van der Waals surface area contributed by atoms with Gasteiger partial charge in [0.25, 0.3) is 0 Å². The lowest BCUT2D eigenvalue weighted by atomic mass is 10.1. The lowest BCUT2D eigenvalue weighted by molar-refractivity contribution is 0.262. The summed E-state index contributed by atoms with van der Waals surface area (Å²) in [6, 6.07) is 23.1. The highest BCUT2D eigenvalue weighted by Crippen LogP contribution is 2.44. The molecule has 0 atom stereocenters. The molecule has 60 heavy (non-hydrogen) atoms. The Balaban J connectivity index is 1.17. The van der Waals surface area contributed by atoms with Crippen LogP contribution in [0.1, 0.15) is 0 Å². The van der Waals surface area contributed by atoms with Gasteiger partial charge < -0.3 is 39.2 Å². The zero-order valence-electron chi connectivity index (χ0n) is 30.3. The molecule has 0 spiro atoms. The number of fused-ring (bicyclic) bond motifs is 3. The Hall–Kier alpha value is -7.08. The van der Waals surface area contributed by atoms with Crippen LogP contribution in [0.3, 0.4) is 0 Å². The number of methoxy groups -OCH3 is 1. The van der Waals surface area contributed by atoms with E-state index in [1.165, 1.54) is 73.8 Å². The van der Waals surface area contributed by atoms with Gasteiger partial charge in [0.15, 0.2) is 11.5 Å². The Labute approximate surface area is 339 Å². The quantitative estimate of drug-likeness (QED) is 0.0755. The van der Waals surface area contributed by atoms with Crippen LogP contribution < -0.4 is 15.4 Å². The van der Waals surface area contributed by atoms with Gasteiger partial charge in [0.2, 0.25) is 0 Å². The standard InChI is InChI=1S/C38H28N6O13S3/c1-57-30-9-5-4-8-29(30)42-44-35-33(60(54,55)56)19-21-17-23(11-13-25(21)37(35)46)40-38(47)39-22-10-12-24-20(16-22)18-32(59(51,52)53)34(36(24)45)43-41-28-14-15-31(58(48,49)50)27-7-3-2-6-26(27)28/h2-19,45-46H,1H3,(H2,39,40,47)(H,48,49,50)(H,51,52,53)(H,54,55,56)/p-3. The van der Waals surface area contributed by atoms with Crippen molar-refractivity contribution in [2.45, 2.75) is 14.7 Å². The number of benzene rings is 7. The molecule has 0 saturated heterocycles. The van der Waals surface area contributed by atoms with Crippen LogP contribution in [0.25, 0.3) is 32.3 Å². The Morgan fingerprint density at radius 2 is 1.00 bits per heavy atom. The van der Waals surface area contributed by atoms with Gasteiger partial charge in [-0.2, -0.15) is 0 Å². The van der Waals surface area contributed by atoms with Crippen LogP contribution in [0, 0.1) is 0 Å². The number of ether oxygens (including phenoxy) is 1. The summed E-state index contributed by atoms with van der Waals surface area (Å²) in [7, 11) is -14.0. The molecule has 306 valence electrons. The number of aromatic hydroxyl groups is 2. The highest BCUT2D eigenvalue weighted by atomic mass is 32.2. The van der Waals surface area contributed by atoms with Crippen molar-refractivity contribution in [2.24, 2.45) is 20.5 Å². The molecule has 0 aromatic heterocycles. The largest absolute Gasteiger partial charge is 0.744 e. The zero-order chi connectivity index (χ0) is 43.1. The first-order chi connectivity index (χ1) is 28.3. The number of hydrogen-bond acceptors (Lipinski definition) is 17. The maximum absolute atomic E-state index is 13.1. The summed E-state index contributed by atoms with van der Waals surface area (Å²) in [5, 5.41) is 42.9. The first-order valence-electron chi connectivity index (χ1n) is 16.9. The first-order valence-corrected chi connectivity index (χ1v) is 21.1. The van der Waals surface area contributed by atoms with Gasteiger partial charge >= 0.3 is 6.03 Å². The number of phenols is 2. The van der Waals surface area contributed by atoms with Crippen LogP contribution in [0.2, 0.25) is 0 Å². The third-order valence-corrected chi connectivity index (χ3v) is 11.5. The van der Waals surface area contributed by atoms with Gasteiger partial charge in [0.1, 0.15) is 53.2 Å². The predicted molar refractivity (Wildman–Crippen MR) is 213 cm³/mol. The van der Waals surface area contributed by atoms with E-state index in [4.69, 9.17) is 4.74 Å². The van der Waals surface area contributed by atoms with Gasteiger partial charge in [-0.3, -0.25) is 0 Å². The van der Waals surface area contributed by atoms with E-state index in [0.717, 1.165) is 24.3 Å². The van der Waals surface area contributed by atoms with Crippen LogP contribution in [0.15, 0.2) is 144 Å². The minimum absolute atomic E-state index is 0.00909. The molecule has 0 saturated carbocycles. The summed E-state index contributed by atoms with van der Waals surface area (Å²) < 4.78 is 114. The number of urea groups is 1. The number of azo groups is 2. The van der Waals surface area contributed by atoms with Crippen LogP contribution in [-0.2, 0) is 30.4 Å².